The largest absolute Gasteiger partial charge is 0.508 e. The minimum absolute atomic E-state index is 0.284. The highest BCUT2D eigenvalue weighted by atomic mass is 79.9. The van der Waals surface area contributed by atoms with Crippen LogP contribution in [0.1, 0.15) is 0 Å². The van der Waals surface area contributed by atoms with Gasteiger partial charge >= 0.3 is 0 Å². The number of fused-ring (bicyclic) bond motifs is 1. The molecule has 11 heavy (non-hydrogen) atoms. The van der Waals surface area contributed by atoms with Gasteiger partial charge in [-0.3, -0.25) is 0 Å². The SMILES string of the molecule is Oc1ccc2cc(Br)[nH]c2c1. The third-order valence-corrected chi connectivity index (χ3v) is 2.00. The summed E-state index contributed by atoms with van der Waals surface area (Å²) in [6.07, 6.45) is 0. The van der Waals surface area contributed by atoms with Gasteiger partial charge in [0.1, 0.15) is 5.75 Å². The monoisotopic (exact) mass is 211 g/mol. The van der Waals surface area contributed by atoms with Gasteiger partial charge < -0.3 is 10.1 Å². The lowest BCUT2D eigenvalue weighted by atomic mass is 10.2. The number of phenols is 1. The summed E-state index contributed by atoms with van der Waals surface area (Å²) in [5.74, 6) is 0.284. The van der Waals surface area contributed by atoms with Crippen molar-refractivity contribution in [1.29, 1.82) is 0 Å². The summed E-state index contributed by atoms with van der Waals surface area (Å²) in [7, 11) is 0. The molecule has 2 N–H and O–H groups in total. The minimum atomic E-state index is 0.284. The van der Waals surface area contributed by atoms with E-state index in [2.05, 4.69) is 20.9 Å². The maximum absolute atomic E-state index is 9.10. The number of halogens is 1. The van der Waals surface area contributed by atoms with Gasteiger partial charge in [0.2, 0.25) is 0 Å². The summed E-state index contributed by atoms with van der Waals surface area (Å²) < 4.78 is 0.929. The third kappa shape index (κ3) is 1.12. The summed E-state index contributed by atoms with van der Waals surface area (Å²) in [5.41, 5.74) is 0.942. The first-order valence-electron chi connectivity index (χ1n) is 3.23. The van der Waals surface area contributed by atoms with Crippen LogP contribution in [-0.4, -0.2) is 10.1 Å². The second kappa shape index (κ2) is 2.27. The van der Waals surface area contributed by atoms with E-state index in [1.165, 1.54) is 0 Å². The molecule has 2 nitrogen and oxygen atoms in total. The Balaban J connectivity index is 2.82. The predicted octanol–water partition coefficient (Wildman–Crippen LogP) is 2.64. The second-order valence-electron chi connectivity index (χ2n) is 2.39. The van der Waals surface area contributed by atoms with Crippen molar-refractivity contribution < 1.29 is 5.11 Å². The number of aromatic nitrogens is 1. The minimum Gasteiger partial charge on any atom is -0.508 e. The number of hydrogen-bond donors (Lipinski definition) is 2. The highest BCUT2D eigenvalue weighted by Crippen LogP contribution is 2.22. The number of rotatable bonds is 0. The molecule has 1 aromatic carbocycles. The molecule has 0 bridgehead atoms. The lowest BCUT2D eigenvalue weighted by molar-refractivity contribution is 0.476. The lowest BCUT2D eigenvalue weighted by Gasteiger charge is -1.89. The maximum atomic E-state index is 9.10. The maximum Gasteiger partial charge on any atom is 0.117 e. The lowest BCUT2D eigenvalue weighted by Crippen LogP contribution is -1.66. The molecule has 0 fully saturated rings. The zero-order valence-electron chi connectivity index (χ0n) is 5.63. The van der Waals surface area contributed by atoms with E-state index in [1.54, 1.807) is 12.1 Å². The second-order valence-corrected chi connectivity index (χ2v) is 3.24. The molecule has 0 unspecified atom stereocenters. The van der Waals surface area contributed by atoms with Crippen LogP contribution >= 0.6 is 15.9 Å². The Kier molecular flexibility index (Phi) is 1.39. The van der Waals surface area contributed by atoms with Crippen molar-refractivity contribution in [1.82, 2.24) is 4.98 Å². The molecule has 0 radical (unpaired) electrons. The van der Waals surface area contributed by atoms with E-state index >= 15 is 0 Å². The molecule has 0 saturated heterocycles. The predicted molar refractivity (Wildman–Crippen MR) is 47.7 cm³/mol. The van der Waals surface area contributed by atoms with E-state index in [0.29, 0.717) is 0 Å². The zero-order valence-corrected chi connectivity index (χ0v) is 7.22. The van der Waals surface area contributed by atoms with Gasteiger partial charge in [-0.05, 0) is 34.1 Å². The van der Waals surface area contributed by atoms with Crippen molar-refractivity contribution in [3.63, 3.8) is 0 Å². The summed E-state index contributed by atoms with van der Waals surface area (Å²) >= 11 is 3.31. The van der Waals surface area contributed by atoms with Crippen molar-refractivity contribution in [2.45, 2.75) is 0 Å². The normalized spacial score (nSPS) is 10.6. The highest BCUT2D eigenvalue weighted by molar-refractivity contribution is 9.10. The van der Waals surface area contributed by atoms with Gasteiger partial charge in [-0.25, -0.2) is 0 Å². The first kappa shape index (κ1) is 6.73. The molecule has 1 heterocycles. The Labute approximate surface area is 72.0 Å². The average Bonchev–Trinajstić information content (AvgIpc) is 2.27. The molecular formula is C8H6BrNO. The van der Waals surface area contributed by atoms with Crippen LogP contribution in [0.2, 0.25) is 0 Å². The number of nitrogens with one attached hydrogen (secondary N) is 1. The van der Waals surface area contributed by atoms with E-state index in [0.717, 1.165) is 15.5 Å². The van der Waals surface area contributed by atoms with Gasteiger partial charge in [0.15, 0.2) is 0 Å². The molecule has 0 aliphatic heterocycles. The van der Waals surface area contributed by atoms with Crippen LogP contribution in [0.3, 0.4) is 0 Å². The standard InChI is InChI=1S/C8H6BrNO/c9-8-3-5-1-2-6(11)4-7(5)10-8/h1-4,10-11H. The first-order valence-corrected chi connectivity index (χ1v) is 4.02. The van der Waals surface area contributed by atoms with Crippen molar-refractivity contribution in [3.8, 4) is 5.75 Å². The molecule has 56 valence electrons. The van der Waals surface area contributed by atoms with Crippen molar-refractivity contribution >= 4 is 26.8 Å². The number of H-pyrrole nitrogens is 1. The summed E-state index contributed by atoms with van der Waals surface area (Å²) in [4.78, 5) is 3.06. The smallest absolute Gasteiger partial charge is 0.117 e. The van der Waals surface area contributed by atoms with Gasteiger partial charge in [0.25, 0.3) is 0 Å². The van der Waals surface area contributed by atoms with Crippen LogP contribution in [0.25, 0.3) is 10.9 Å². The van der Waals surface area contributed by atoms with E-state index in [4.69, 9.17) is 5.11 Å². The van der Waals surface area contributed by atoms with Crippen LogP contribution < -0.4 is 0 Å². The molecule has 2 rings (SSSR count). The Morgan fingerprint density at radius 2 is 2.09 bits per heavy atom. The average molecular weight is 212 g/mol. The Morgan fingerprint density at radius 1 is 1.27 bits per heavy atom. The van der Waals surface area contributed by atoms with Crippen LogP contribution in [0.5, 0.6) is 5.75 Å². The molecule has 2 aromatic rings. The van der Waals surface area contributed by atoms with Crippen molar-refractivity contribution in [2.24, 2.45) is 0 Å². The van der Waals surface area contributed by atoms with Crippen LogP contribution in [0.4, 0.5) is 0 Å². The number of aromatic hydroxyl groups is 1. The summed E-state index contributed by atoms with van der Waals surface area (Å²) in [6, 6.07) is 7.20. The number of aromatic amines is 1. The van der Waals surface area contributed by atoms with Crippen molar-refractivity contribution in [3.05, 3.63) is 28.9 Å². The Morgan fingerprint density at radius 3 is 2.91 bits per heavy atom. The van der Waals surface area contributed by atoms with Gasteiger partial charge in [-0.1, -0.05) is 0 Å². The van der Waals surface area contributed by atoms with E-state index in [1.807, 2.05) is 12.1 Å². The molecule has 0 amide bonds. The fraction of sp³-hybridized carbons (Fsp3) is 0. The molecule has 1 aromatic heterocycles. The fourth-order valence-electron chi connectivity index (χ4n) is 1.08. The molecule has 0 saturated carbocycles. The van der Waals surface area contributed by atoms with Gasteiger partial charge in [0, 0.05) is 17.0 Å². The van der Waals surface area contributed by atoms with E-state index in [-0.39, 0.29) is 5.75 Å². The molecule has 0 spiro atoms. The van der Waals surface area contributed by atoms with Gasteiger partial charge in [-0.15, -0.1) is 0 Å². The topological polar surface area (TPSA) is 36.0 Å². The van der Waals surface area contributed by atoms with Gasteiger partial charge in [-0.2, -0.15) is 0 Å². The molecule has 0 aliphatic carbocycles. The number of hydrogen-bond acceptors (Lipinski definition) is 1. The highest BCUT2D eigenvalue weighted by Gasteiger charge is 1.97. The van der Waals surface area contributed by atoms with Crippen molar-refractivity contribution in [2.75, 3.05) is 0 Å². The third-order valence-electron chi connectivity index (χ3n) is 1.57. The van der Waals surface area contributed by atoms with Crippen LogP contribution in [0, 0.1) is 0 Å². The molecule has 0 atom stereocenters. The first-order chi connectivity index (χ1) is 5.25. The van der Waals surface area contributed by atoms with Crippen LogP contribution in [0.15, 0.2) is 28.9 Å². The van der Waals surface area contributed by atoms with Crippen LogP contribution in [-0.2, 0) is 0 Å². The van der Waals surface area contributed by atoms with E-state index in [9.17, 15) is 0 Å². The zero-order chi connectivity index (χ0) is 7.84. The summed E-state index contributed by atoms with van der Waals surface area (Å²) in [6.45, 7) is 0. The number of benzene rings is 1. The summed E-state index contributed by atoms with van der Waals surface area (Å²) in [5, 5.41) is 10.2. The quantitative estimate of drug-likeness (QED) is 0.691. The molecule has 0 aliphatic rings. The van der Waals surface area contributed by atoms with E-state index < -0.39 is 0 Å². The Hall–Kier alpha value is -0.960. The fourth-order valence-corrected chi connectivity index (χ4v) is 1.54. The van der Waals surface area contributed by atoms with Gasteiger partial charge in [0.05, 0.1) is 4.60 Å². The Bertz CT molecular complexity index is 394. The molecular weight excluding hydrogens is 206 g/mol. The number of phenolic OH excluding ortho intramolecular Hbond substituents is 1. The molecule has 3 heteroatoms.